The molecule has 0 unspecified atom stereocenters. The summed E-state index contributed by atoms with van der Waals surface area (Å²) in [5.74, 6) is 0. The van der Waals surface area contributed by atoms with Gasteiger partial charge in [-0.15, -0.1) is 0 Å². The van der Waals surface area contributed by atoms with E-state index < -0.39 is 0 Å². The average molecular weight is 289 g/mol. The molecule has 3 heteroatoms. The molecule has 1 heterocycles. The van der Waals surface area contributed by atoms with Crippen LogP contribution in [0.25, 0.3) is 10.9 Å². The highest BCUT2D eigenvalue weighted by Crippen LogP contribution is 2.22. The second-order valence-electron chi connectivity index (χ2n) is 5.54. The topological polar surface area (TPSA) is 27.8 Å². The second kappa shape index (κ2) is 6.47. The summed E-state index contributed by atoms with van der Waals surface area (Å²) in [5, 5.41) is 5.59. The van der Waals surface area contributed by atoms with Gasteiger partial charge in [-0.1, -0.05) is 29.3 Å². The third kappa shape index (κ3) is 3.25. The third-order valence-electron chi connectivity index (χ3n) is 4.05. The summed E-state index contributed by atoms with van der Waals surface area (Å²) in [5.41, 5.74) is 4.06. The molecule has 0 bridgehead atoms. The lowest BCUT2D eigenvalue weighted by Crippen LogP contribution is -2.15. The standard InChI is InChI=1S/C17H21ClN2/c18-15-6-7-16-14(12-20-17(16)10-15)11-19-9-8-13-4-2-1-3-5-13/h4,6-7,10,12,19-20H,1-3,5,8-9,11H2. The summed E-state index contributed by atoms with van der Waals surface area (Å²) < 4.78 is 0. The quantitative estimate of drug-likeness (QED) is 0.600. The van der Waals surface area contributed by atoms with E-state index in [1.807, 2.05) is 12.1 Å². The second-order valence-corrected chi connectivity index (χ2v) is 5.98. The van der Waals surface area contributed by atoms with Gasteiger partial charge in [0.05, 0.1) is 0 Å². The van der Waals surface area contributed by atoms with Crippen molar-refractivity contribution >= 4 is 22.5 Å². The van der Waals surface area contributed by atoms with Crippen LogP contribution in [0.3, 0.4) is 0 Å². The van der Waals surface area contributed by atoms with E-state index in [-0.39, 0.29) is 0 Å². The minimum atomic E-state index is 0.781. The molecular weight excluding hydrogens is 268 g/mol. The maximum atomic E-state index is 6.00. The molecule has 0 atom stereocenters. The molecule has 0 saturated carbocycles. The van der Waals surface area contributed by atoms with Crippen molar-refractivity contribution in [2.24, 2.45) is 0 Å². The van der Waals surface area contributed by atoms with Crippen molar-refractivity contribution in [3.63, 3.8) is 0 Å². The van der Waals surface area contributed by atoms with E-state index in [9.17, 15) is 0 Å². The van der Waals surface area contributed by atoms with Crippen LogP contribution in [-0.2, 0) is 6.54 Å². The first-order valence-corrected chi connectivity index (χ1v) is 7.85. The smallest absolute Gasteiger partial charge is 0.0472 e. The minimum Gasteiger partial charge on any atom is -0.361 e. The molecule has 1 aliphatic rings. The molecule has 3 rings (SSSR count). The molecule has 0 radical (unpaired) electrons. The lowest BCUT2D eigenvalue weighted by atomic mass is 9.97. The van der Waals surface area contributed by atoms with Crippen LogP contribution in [0.15, 0.2) is 36.0 Å². The predicted molar refractivity (Wildman–Crippen MR) is 86.2 cm³/mol. The maximum Gasteiger partial charge on any atom is 0.0472 e. The van der Waals surface area contributed by atoms with Crippen molar-refractivity contribution in [2.75, 3.05) is 6.54 Å². The van der Waals surface area contributed by atoms with E-state index >= 15 is 0 Å². The van der Waals surface area contributed by atoms with E-state index in [4.69, 9.17) is 11.6 Å². The summed E-state index contributed by atoms with van der Waals surface area (Å²) in [6.07, 6.45) is 11.0. The van der Waals surface area contributed by atoms with Crippen LogP contribution in [0.4, 0.5) is 0 Å². The van der Waals surface area contributed by atoms with Crippen LogP contribution in [0, 0.1) is 0 Å². The number of rotatable bonds is 5. The number of allylic oxidation sites excluding steroid dienone is 1. The molecule has 20 heavy (non-hydrogen) atoms. The van der Waals surface area contributed by atoms with Crippen molar-refractivity contribution < 1.29 is 0 Å². The average Bonchev–Trinajstić information content (AvgIpc) is 2.87. The molecule has 2 N–H and O–H groups in total. The number of H-pyrrole nitrogens is 1. The van der Waals surface area contributed by atoms with Crippen molar-refractivity contribution in [2.45, 2.75) is 38.6 Å². The van der Waals surface area contributed by atoms with Crippen molar-refractivity contribution in [1.82, 2.24) is 10.3 Å². The fourth-order valence-corrected chi connectivity index (χ4v) is 3.08. The molecule has 0 aliphatic heterocycles. The Labute approximate surface area is 125 Å². The van der Waals surface area contributed by atoms with Gasteiger partial charge in [0.25, 0.3) is 0 Å². The van der Waals surface area contributed by atoms with Gasteiger partial charge in [-0.25, -0.2) is 0 Å². The van der Waals surface area contributed by atoms with Crippen LogP contribution in [-0.4, -0.2) is 11.5 Å². The Bertz CT molecular complexity index is 612. The van der Waals surface area contributed by atoms with E-state index in [2.05, 4.69) is 28.6 Å². The minimum absolute atomic E-state index is 0.781. The van der Waals surface area contributed by atoms with Crippen molar-refractivity contribution in [3.05, 3.63) is 46.6 Å². The highest BCUT2D eigenvalue weighted by Gasteiger charge is 2.05. The third-order valence-corrected chi connectivity index (χ3v) is 4.29. The van der Waals surface area contributed by atoms with Crippen LogP contribution >= 0.6 is 11.6 Å². The highest BCUT2D eigenvalue weighted by atomic mass is 35.5. The summed E-state index contributed by atoms with van der Waals surface area (Å²) in [7, 11) is 0. The fourth-order valence-electron chi connectivity index (χ4n) is 2.91. The number of nitrogens with one attached hydrogen (secondary N) is 2. The van der Waals surface area contributed by atoms with E-state index in [1.165, 1.54) is 43.1 Å². The predicted octanol–water partition coefficient (Wildman–Crippen LogP) is 4.80. The van der Waals surface area contributed by atoms with Gasteiger partial charge in [0.15, 0.2) is 0 Å². The van der Waals surface area contributed by atoms with Gasteiger partial charge in [-0.2, -0.15) is 0 Å². The zero-order chi connectivity index (χ0) is 13.8. The van der Waals surface area contributed by atoms with Crippen LogP contribution < -0.4 is 5.32 Å². The van der Waals surface area contributed by atoms with Gasteiger partial charge >= 0.3 is 0 Å². The molecule has 1 aliphatic carbocycles. The van der Waals surface area contributed by atoms with Crippen molar-refractivity contribution in [3.8, 4) is 0 Å². The Balaban J connectivity index is 1.53. The summed E-state index contributed by atoms with van der Waals surface area (Å²) in [4.78, 5) is 3.28. The van der Waals surface area contributed by atoms with E-state index in [0.717, 1.165) is 23.6 Å². The number of halogens is 1. The Kier molecular flexibility index (Phi) is 4.44. The fraction of sp³-hybridized carbons (Fsp3) is 0.412. The van der Waals surface area contributed by atoms with Crippen LogP contribution in [0.5, 0.6) is 0 Å². The lowest BCUT2D eigenvalue weighted by molar-refractivity contribution is 0.633. The van der Waals surface area contributed by atoms with E-state index in [0.29, 0.717) is 0 Å². The Hall–Kier alpha value is -1.25. The monoisotopic (exact) mass is 288 g/mol. The van der Waals surface area contributed by atoms with Crippen LogP contribution in [0.2, 0.25) is 5.02 Å². The molecule has 1 aromatic heterocycles. The molecular formula is C17H21ClN2. The highest BCUT2D eigenvalue weighted by molar-refractivity contribution is 6.31. The van der Waals surface area contributed by atoms with Gasteiger partial charge in [-0.3, -0.25) is 0 Å². The van der Waals surface area contributed by atoms with Gasteiger partial charge in [0.1, 0.15) is 0 Å². The molecule has 0 spiro atoms. The normalized spacial score (nSPS) is 15.6. The molecule has 106 valence electrons. The first kappa shape index (κ1) is 13.7. The van der Waals surface area contributed by atoms with Crippen LogP contribution in [0.1, 0.15) is 37.7 Å². The molecule has 2 nitrogen and oxygen atoms in total. The van der Waals surface area contributed by atoms with Gasteiger partial charge in [0, 0.05) is 28.7 Å². The molecule has 0 amide bonds. The number of benzene rings is 1. The number of aromatic nitrogens is 1. The first-order chi connectivity index (χ1) is 9.83. The van der Waals surface area contributed by atoms with E-state index in [1.54, 1.807) is 5.57 Å². The maximum absolute atomic E-state index is 6.00. The Morgan fingerprint density at radius 2 is 2.20 bits per heavy atom. The molecule has 1 aromatic carbocycles. The van der Waals surface area contributed by atoms with Gasteiger partial charge < -0.3 is 10.3 Å². The molecule has 2 aromatic rings. The summed E-state index contributed by atoms with van der Waals surface area (Å²) >= 11 is 6.00. The lowest BCUT2D eigenvalue weighted by Gasteiger charge is -2.12. The molecule has 0 fully saturated rings. The first-order valence-electron chi connectivity index (χ1n) is 7.47. The number of hydrogen-bond donors (Lipinski definition) is 2. The molecule has 0 saturated heterocycles. The number of fused-ring (bicyclic) bond motifs is 1. The number of hydrogen-bond acceptors (Lipinski definition) is 1. The van der Waals surface area contributed by atoms with Gasteiger partial charge in [-0.05, 0) is 56.3 Å². The SMILES string of the molecule is Clc1ccc2c(CNCCC3=CCCCC3)c[nH]c2c1. The van der Waals surface area contributed by atoms with Crippen molar-refractivity contribution in [1.29, 1.82) is 0 Å². The Morgan fingerprint density at radius 3 is 3.05 bits per heavy atom. The zero-order valence-corrected chi connectivity index (χ0v) is 12.5. The zero-order valence-electron chi connectivity index (χ0n) is 11.7. The van der Waals surface area contributed by atoms with Gasteiger partial charge in [0.2, 0.25) is 0 Å². The Morgan fingerprint density at radius 1 is 1.25 bits per heavy atom. The summed E-state index contributed by atoms with van der Waals surface area (Å²) in [6.45, 7) is 1.97. The number of aromatic amines is 1. The summed E-state index contributed by atoms with van der Waals surface area (Å²) in [6, 6.07) is 6.02. The largest absolute Gasteiger partial charge is 0.361 e.